The summed E-state index contributed by atoms with van der Waals surface area (Å²) >= 11 is 1.36. The summed E-state index contributed by atoms with van der Waals surface area (Å²) in [5.74, 6) is 0.0704. The molecule has 1 fully saturated rings. The first-order chi connectivity index (χ1) is 10.2. The molecule has 1 N–H and O–H groups in total. The van der Waals surface area contributed by atoms with E-state index in [-0.39, 0.29) is 5.91 Å². The lowest BCUT2D eigenvalue weighted by molar-refractivity contribution is 0.0792. The van der Waals surface area contributed by atoms with Crippen LogP contribution in [0, 0.1) is 18.4 Å². The van der Waals surface area contributed by atoms with Crippen LogP contribution in [0.15, 0.2) is 23.2 Å². The zero-order valence-corrected chi connectivity index (χ0v) is 13.0. The number of aliphatic imine (C=N–C) groups is 1. The second-order valence-electron chi connectivity index (χ2n) is 4.81. The topological polar surface area (TPSA) is 68.5 Å². The number of nitrogens with one attached hydrogen (secondary N) is 1. The summed E-state index contributed by atoms with van der Waals surface area (Å²) in [5, 5.41) is 11.7. The van der Waals surface area contributed by atoms with E-state index in [0.29, 0.717) is 16.4 Å². The first kappa shape index (κ1) is 15.4. The Labute approximate surface area is 129 Å². The van der Waals surface area contributed by atoms with Crippen LogP contribution in [0.2, 0.25) is 0 Å². The van der Waals surface area contributed by atoms with Crippen molar-refractivity contribution < 1.29 is 4.79 Å². The highest BCUT2D eigenvalue weighted by atomic mass is 32.2. The van der Waals surface area contributed by atoms with Gasteiger partial charge in [-0.2, -0.15) is 5.26 Å². The number of amidine groups is 1. The third-order valence-electron chi connectivity index (χ3n) is 3.51. The molecule has 0 aromatic heterocycles. The van der Waals surface area contributed by atoms with E-state index in [1.165, 1.54) is 11.8 Å². The molecule has 0 aliphatic carbocycles. The fourth-order valence-electron chi connectivity index (χ4n) is 2.35. The number of carbonyl (C=O) groups excluding carboxylic acids is 1. The number of nitriles is 1. The van der Waals surface area contributed by atoms with E-state index in [1.807, 2.05) is 42.5 Å². The van der Waals surface area contributed by atoms with Crippen molar-refractivity contribution in [2.24, 2.45) is 4.99 Å². The normalized spacial score (nSPS) is 14.9. The number of rotatable bonds is 2. The largest absolute Gasteiger partial charge is 0.339 e. The Bertz CT molecular complexity index is 600. The summed E-state index contributed by atoms with van der Waals surface area (Å²) in [5.41, 5.74) is 2.25. The van der Waals surface area contributed by atoms with Gasteiger partial charge in [-0.15, -0.1) is 0 Å². The highest BCUT2D eigenvalue weighted by molar-refractivity contribution is 8.13. The molecule has 0 unspecified atom stereocenters. The van der Waals surface area contributed by atoms with Crippen molar-refractivity contribution in [2.75, 3.05) is 19.3 Å². The molecule has 1 aliphatic heterocycles. The molecule has 0 spiro atoms. The molecule has 5 nitrogen and oxygen atoms in total. The van der Waals surface area contributed by atoms with Crippen molar-refractivity contribution >= 4 is 28.5 Å². The Balaban J connectivity index is 2.31. The lowest BCUT2D eigenvalue weighted by Crippen LogP contribution is -2.28. The molecule has 0 atom stereocenters. The van der Waals surface area contributed by atoms with E-state index in [9.17, 15) is 4.79 Å². The predicted molar refractivity (Wildman–Crippen MR) is 85.7 cm³/mol. The Morgan fingerprint density at radius 3 is 2.76 bits per heavy atom. The minimum atomic E-state index is 0.0704. The molecule has 2 rings (SSSR count). The molecule has 1 heterocycles. The van der Waals surface area contributed by atoms with Crippen LogP contribution >= 0.6 is 11.8 Å². The van der Waals surface area contributed by atoms with Gasteiger partial charge in [-0.1, -0.05) is 17.8 Å². The Morgan fingerprint density at radius 1 is 1.43 bits per heavy atom. The van der Waals surface area contributed by atoms with Gasteiger partial charge in [0.05, 0.1) is 5.69 Å². The molecule has 0 radical (unpaired) electrons. The number of hydrogen-bond acceptors (Lipinski definition) is 4. The quantitative estimate of drug-likeness (QED) is 0.395. The minimum absolute atomic E-state index is 0.0704. The van der Waals surface area contributed by atoms with E-state index < -0.39 is 0 Å². The predicted octanol–water partition coefficient (Wildman–Crippen LogP) is 2.65. The molecule has 1 aliphatic rings. The van der Waals surface area contributed by atoms with Gasteiger partial charge in [-0.3, -0.25) is 10.1 Å². The van der Waals surface area contributed by atoms with Crippen molar-refractivity contribution in [1.29, 1.82) is 5.26 Å². The molecule has 21 heavy (non-hydrogen) atoms. The minimum Gasteiger partial charge on any atom is -0.339 e. The summed E-state index contributed by atoms with van der Waals surface area (Å²) < 4.78 is 0. The molecular weight excluding hydrogens is 284 g/mol. The van der Waals surface area contributed by atoms with Crippen LogP contribution in [0.1, 0.15) is 28.8 Å². The van der Waals surface area contributed by atoms with Gasteiger partial charge in [0, 0.05) is 18.7 Å². The standard InChI is InChI=1S/C15H18N4OS/c1-11-12(14(20)19-8-3-4-9-19)6-5-7-13(11)18-15(21-2)17-10-16/h5-7H,3-4,8-9H2,1-2H3,(H,17,18). The molecule has 110 valence electrons. The zero-order chi connectivity index (χ0) is 15.2. The number of nitrogens with zero attached hydrogens (tertiary/aromatic N) is 3. The van der Waals surface area contributed by atoms with E-state index in [2.05, 4.69) is 10.3 Å². The van der Waals surface area contributed by atoms with Gasteiger partial charge >= 0.3 is 0 Å². The number of thioether (sulfide) groups is 1. The van der Waals surface area contributed by atoms with Crippen molar-refractivity contribution in [1.82, 2.24) is 10.2 Å². The van der Waals surface area contributed by atoms with Crippen molar-refractivity contribution in [3.8, 4) is 6.19 Å². The van der Waals surface area contributed by atoms with Gasteiger partial charge in [0.15, 0.2) is 11.4 Å². The molecule has 0 saturated carbocycles. The SMILES string of the molecule is CSC(=Nc1cccc(C(=O)N2CCCC2)c1C)NC#N. The van der Waals surface area contributed by atoms with Crippen LogP contribution < -0.4 is 5.32 Å². The first-order valence-electron chi connectivity index (χ1n) is 6.84. The molecule has 6 heteroatoms. The summed E-state index contributed by atoms with van der Waals surface area (Å²) in [7, 11) is 0. The average Bonchev–Trinajstić information content (AvgIpc) is 3.02. The zero-order valence-electron chi connectivity index (χ0n) is 12.2. The number of benzene rings is 1. The van der Waals surface area contributed by atoms with Crippen molar-refractivity contribution in [3.05, 3.63) is 29.3 Å². The van der Waals surface area contributed by atoms with E-state index in [4.69, 9.17) is 5.26 Å². The maximum atomic E-state index is 12.5. The third-order valence-corrected chi connectivity index (χ3v) is 4.09. The number of hydrogen-bond donors (Lipinski definition) is 1. The maximum absolute atomic E-state index is 12.5. The summed E-state index contributed by atoms with van der Waals surface area (Å²) in [6.07, 6.45) is 5.86. The van der Waals surface area contributed by atoms with Crippen molar-refractivity contribution in [2.45, 2.75) is 19.8 Å². The van der Waals surface area contributed by atoms with Gasteiger partial charge < -0.3 is 4.90 Å². The Kier molecular flexibility index (Phi) is 5.23. The van der Waals surface area contributed by atoms with Crippen LogP contribution in [0.4, 0.5) is 5.69 Å². The molecular formula is C15H18N4OS. The number of carbonyl (C=O) groups is 1. The molecule has 1 aromatic carbocycles. The van der Waals surface area contributed by atoms with Gasteiger partial charge in [-0.25, -0.2) is 4.99 Å². The second kappa shape index (κ2) is 7.14. The van der Waals surface area contributed by atoms with Gasteiger partial charge in [0.1, 0.15) is 0 Å². The van der Waals surface area contributed by atoms with Crippen LogP contribution in [-0.2, 0) is 0 Å². The lowest BCUT2D eigenvalue weighted by atomic mass is 10.1. The molecule has 1 aromatic rings. The van der Waals surface area contributed by atoms with E-state index in [0.717, 1.165) is 31.5 Å². The van der Waals surface area contributed by atoms with Crippen LogP contribution in [-0.4, -0.2) is 35.3 Å². The van der Waals surface area contributed by atoms with E-state index >= 15 is 0 Å². The van der Waals surface area contributed by atoms with Crippen LogP contribution in [0.3, 0.4) is 0 Å². The number of amides is 1. The average molecular weight is 302 g/mol. The Morgan fingerprint density at radius 2 is 2.14 bits per heavy atom. The fraction of sp³-hybridized carbons (Fsp3) is 0.400. The Hall–Kier alpha value is -2.00. The van der Waals surface area contributed by atoms with E-state index in [1.54, 1.807) is 0 Å². The molecule has 1 amide bonds. The lowest BCUT2D eigenvalue weighted by Gasteiger charge is -2.17. The van der Waals surface area contributed by atoms with Crippen molar-refractivity contribution in [3.63, 3.8) is 0 Å². The summed E-state index contributed by atoms with van der Waals surface area (Å²) in [6.45, 7) is 3.56. The fourth-order valence-corrected chi connectivity index (χ4v) is 2.69. The third kappa shape index (κ3) is 3.56. The summed E-state index contributed by atoms with van der Waals surface area (Å²) in [6, 6.07) is 5.52. The van der Waals surface area contributed by atoms with Gasteiger partial charge in [0.25, 0.3) is 5.91 Å². The highest BCUT2D eigenvalue weighted by Crippen LogP contribution is 2.25. The smallest absolute Gasteiger partial charge is 0.254 e. The van der Waals surface area contributed by atoms with Crippen LogP contribution in [0.5, 0.6) is 0 Å². The maximum Gasteiger partial charge on any atom is 0.254 e. The number of likely N-dealkylation sites (tertiary alicyclic amines) is 1. The first-order valence-corrected chi connectivity index (χ1v) is 8.06. The van der Waals surface area contributed by atoms with Gasteiger partial charge in [0.2, 0.25) is 0 Å². The van der Waals surface area contributed by atoms with Crippen LogP contribution in [0.25, 0.3) is 0 Å². The summed E-state index contributed by atoms with van der Waals surface area (Å²) in [4.78, 5) is 18.8. The molecule has 0 bridgehead atoms. The monoisotopic (exact) mass is 302 g/mol. The second-order valence-corrected chi connectivity index (χ2v) is 5.60. The highest BCUT2D eigenvalue weighted by Gasteiger charge is 2.21. The van der Waals surface area contributed by atoms with Gasteiger partial charge in [-0.05, 0) is 43.7 Å². The molecule has 1 saturated heterocycles.